The molecule has 0 bridgehead atoms. The van der Waals surface area contributed by atoms with E-state index in [1.807, 2.05) is 24.3 Å². The van der Waals surface area contributed by atoms with Crippen LogP contribution in [0.1, 0.15) is 24.0 Å². The van der Waals surface area contributed by atoms with Gasteiger partial charge in [-0.1, -0.05) is 24.3 Å². The Bertz CT molecular complexity index is 880. The van der Waals surface area contributed by atoms with E-state index in [1.54, 1.807) is 24.0 Å². The van der Waals surface area contributed by atoms with Crippen molar-refractivity contribution in [3.63, 3.8) is 0 Å². The molecule has 1 atom stereocenters. The molecule has 2 aromatic carbocycles. The number of rotatable bonds is 2. The average Bonchev–Trinajstić information content (AvgIpc) is 3.02. The molecule has 4 rings (SSSR count). The van der Waals surface area contributed by atoms with Crippen molar-refractivity contribution in [2.24, 2.45) is 5.92 Å². The van der Waals surface area contributed by atoms with Crippen molar-refractivity contribution in [3.05, 3.63) is 59.4 Å². The van der Waals surface area contributed by atoms with E-state index in [2.05, 4.69) is 0 Å². The summed E-state index contributed by atoms with van der Waals surface area (Å²) in [5.41, 5.74) is 3.17. The van der Waals surface area contributed by atoms with Gasteiger partial charge in [-0.3, -0.25) is 9.59 Å². The molecule has 0 aromatic heterocycles. The van der Waals surface area contributed by atoms with E-state index in [0.717, 1.165) is 29.7 Å². The van der Waals surface area contributed by atoms with Gasteiger partial charge < -0.3 is 9.80 Å². The SMILES string of the molecule is Cc1ccc(N2CC(C(=O)N3CCCc4ccccc43)CC2=O)c(F)c1. The number of hydrogen-bond donors (Lipinski definition) is 0. The molecular formula is C21H21FN2O2. The maximum atomic E-state index is 14.3. The van der Waals surface area contributed by atoms with Crippen LogP contribution in [0.5, 0.6) is 0 Å². The summed E-state index contributed by atoms with van der Waals surface area (Å²) in [6, 6.07) is 12.7. The van der Waals surface area contributed by atoms with Gasteiger partial charge in [0, 0.05) is 25.2 Å². The highest BCUT2D eigenvalue weighted by Crippen LogP contribution is 2.32. The van der Waals surface area contributed by atoms with Crippen molar-refractivity contribution in [1.29, 1.82) is 0 Å². The van der Waals surface area contributed by atoms with Gasteiger partial charge in [-0.25, -0.2) is 4.39 Å². The van der Waals surface area contributed by atoms with E-state index in [4.69, 9.17) is 0 Å². The van der Waals surface area contributed by atoms with E-state index >= 15 is 0 Å². The highest BCUT2D eigenvalue weighted by molar-refractivity contribution is 6.04. The van der Waals surface area contributed by atoms with Crippen LogP contribution in [0, 0.1) is 18.7 Å². The first-order valence-electron chi connectivity index (χ1n) is 9.00. The van der Waals surface area contributed by atoms with Crippen molar-refractivity contribution >= 4 is 23.2 Å². The van der Waals surface area contributed by atoms with Crippen LogP contribution in [-0.2, 0) is 16.0 Å². The summed E-state index contributed by atoms with van der Waals surface area (Å²) in [7, 11) is 0. The maximum absolute atomic E-state index is 14.3. The normalized spacial score (nSPS) is 19.6. The van der Waals surface area contributed by atoms with Crippen LogP contribution in [0.25, 0.3) is 0 Å². The first kappa shape index (κ1) is 16.8. The number of carbonyl (C=O) groups is 2. The topological polar surface area (TPSA) is 40.6 Å². The fraction of sp³-hybridized carbons (Fsp3) is 0.333. The lowest BCUT2D eigenvalue weighted by atomic mass is 9.99. The van der Waals surface area contributed by atoms with E-state index in [-0.39, 0.29) is 30.5 Å². The van der Waals surface area contributed by atoms with E-state index < -0.39 is 11.7 Å². The monoisotopic (exact) mass is 352 g/mol. The Morgan fingerprint density at radius 2 is 1.96 bits per heavy atom. The van der Waals surface area contributed by atoms with Gasteiger partial charge in [-0.2, -0.15) is 0 Å². The fourth-order valence-corrected chi connectivity index (χ4v) is 3.92. The average molecular weight is 352 g/mol. The predicted molar refractivity (Wildman–Crippen MR) is 98.7 cm³/mol. The Morgan fingerprint density at radius 1 is 1.15 bits per heavy atom. The van der Waals surface area contributed by atoms with Crippen LogP contribution in [0.2, 0.25) is 0 Å². The molecule has 0 radical (unpaired) electrons. The first-order valence-corrected chi connectivity index (χ1v) is 9.00. The molecule has 5 heteroatoms. The molecule has 134 valence electrons. The molecule has 1 unspecified atom stereocenters. The predicted octanol–water partition coefficient (Wildman–Crippen LogP) is 3.47. The Morgan fingerprint density at radius 3 is 2.77 bits per heavy atom. The Balaban J connectivity index is 1.57. The van der Waals surface area contributed by atoms with Gasteiger partial charge >= 0.3 is 0 Å². The van der Waals surface area contributed by atoms with E-state index in [1.165, 1.54) is 11.0 Å². The minimum Gasteiger partial charge on any atom is -0.312 e. The summed E-state index contributed by atoms with van der Waals surface area (Å²) < 4.78 is 14.3. The van der Waals surface area contributed by atoms with Gasteiger partial charge in [-0.05, 0) is 49.1 Å². The largest absolute Gasteiger partial charge is 0.312 e. The Labute approximate surface area is 152 Å². The summed E-state index contributed by atoms with van der Waals surface area (Å²) in [6.45, 7) is 2.70. The van der Waals surface area contributed by atoms with Crippen LogP contribution in [0.3, 0.4) is 0 Å². The van der Waals surface area contributed by atoms with Gasteiger partial charge in [0.2, 0.25) is 11.8 Å². The van der Waals surface area contributed by atoms with Crippen LogP contribution < -0.4 is 9.80 Å². The third-order valence-corrected chi connectivity index (χ3v) is 5.24. The first-order chi connectivity index (χ1) is 12.5. The van der Waals surface area contributed by atoms with E-state index in [9.17, 15) is 14.0 Å². The Kier molecular flexibility index (Phi) is 4.23. The number of benzene rings is 2. The number of fused-ring (bicyclic) bond motifs is 1. The maximum Gasteiger partial charge on any atom is 0.232 e. The van der Waals surface area contributed by atoms with Crippen molar-refractivity contribution in [2.75, 3.05) is 22.9 Å². The zero-order valence-corrected chi connectivity index (χ0v) is 14.7. The fourth-order valence-electron chi connectivity index (χ4n) is 3.92. The number of anilines is 2. The minimum atomic E-state index is -0.436. The summed E-state index contributed by atoms with van der Waals surface area (Å²) in [4.78, 5) is 28.7. The number of carbonyl (C=O) groups excluding carboxylic acids is 2. The highest BCUT2D eigenvalue weighted by Gasteiger charge is 2.39. The molecule has 2 amide bonds. The lowest BCUT2D eigenvalue weighted by molar-refractivity contribution is -0.124. The van der Waals surface area contributed by atoms with Gasteiger partial charge in [0.15, 0.2) is 0 Å². The highest BCUT2D eigenvalue weighted by atomic mass is 19.1. The molecule has 0 aliphatic carbocycles. The zero-order valence-electron chi connectivity index (χ0n) is 14.7. The van der Waals surface area contributed by atoms with Crippen LogP contribution >= 0.6 is 0 Å². The third kappa shape index (κ3) is 2.87. The van der Waals surface area contributed by atoms with Gasteiger partial charge in [0.05, 0.1) is 11.6 Å². The molecule has 0 N–H and O–H groups in total. The second-order valence-electron chi connectivity index (χ2n) is 7.08. The molecule has 4 nitrogen and oxygen atoms in total. The van der Waals surface area contributed by atoms with Gasteiger partial charge in [0.25, 0.3) is 0 Å². The molecule has 0 saturated carbocycles. The third-order valence-electron chi connectivity index (χ3n) is 5.24. The summed E-state index contributed by atoms with van der Waals surface area (Å²) >= 11 is 0. The zero-order chi connectivity index (χ0) is 18.3. The summed E-state index contributed by atoms with van der Waals surface area (Å²) in [5, 5.41) is 0. The van der Waals surface area contributed by atoms with Gasteiger partial charge in [0.1, 0.15) is 5.82 Å². The second-order valence-corrected chi connectivity index (χ2v) is 7.08. The molecule has 1 saturated heterocycles. The Hall–Kier alpha value is -2.69. The van der Waals surface area contributed by atoms with Crippen LogP contribution in [0.4, 0.5) is 15.8 Å². The molecule has 26 heavy (non-hydrogen) atoms. The summed E-state index contributed by atoms with van der Waals surface area (Å²) in [5.74, 6) is -1.10. The van der Waals surface area contributed by atoms with E-state index in [0.29, 0.717) is 6.54 Å². The number of nitrogens with zero attached hydrogens (tertiary/aromatic N) is 2. The number of para-hydroxylation sites is 1. The number of halogens is 1. The van der Waals surface area contributed by atoms with Crippen molar-refractivity contribution in [2.45, 2.75) is 26.2 Å². The lowest BCUT2D eigenvalue weighted by Gasteiger charge is -2.31. The van der Waals surface area contributed by atoms with Crippen LogP contribution in [-0.4, -0.2) is 24.9 Å². The number of amides is 2. The minimum absolute atomic E-state index is 0.0412. The van der Waals surface area contributed by atoms with Crippen molar-refractivity contribution in [3.8, 4) is 0 Å². The molecule has 2 aliphatic rings. The standard InChI is InChI=1S/C21H21FN2O2/c1-14-8-9-19(17(22)11-14)24-13-16(12-20(24)25)21(26)23-10-4-6-15-5-2-3-7-18(15)23/h2-3,5,7-9,11,16H,4,6,10,12-13H2,1H3. The quantitative estimate of drug-likeness (QED) is 0.830. The van der Waals surface area contributed by atoms with Gasteiger partial charge in [-0.15, -0.1) is 0 Å². The molecule has 0 spiro atoms. The van der Waals surface area contributed by atoms with Crippen molar-refractivity contribution < 1.29 is 14.0 Å². The number of aryl methyl sites for hydroxylation is 2. The van der Waals surface area contributed by atoms with Crippen LogP contribution in [0.15, 0.2) is 42.5 Å². The molecule has 1 fully saturated rings. The number of hydrogen-bond acceptors (Lipinski definition) is 2. The molecule has 2 heterocycles. The second kappa shape index (κ2) is 6.56. The van der Waals surface area contributed by atoms with Crippen molar-refractivity contribution in [1.82, 2.24) is 0 Å². The summed E-state index contributed by atoms with van der Waals surface area (Å²) in [6.07, 6.45) is 2.01. The molecule has 2 aromatic rings. The molecular weight excluding hydrogens is 331 g/mol. The molecule has 2 aliphatic heterocycles. The lowest BCUT2D eigenvalue weighted by Crippen LogP contribution is -2.40. The smallest absolute Gasteiger partial charge is 0.232 e.